The number of carbonyl (C=O) groups is 2. The molecule has 1 atom stereocenters. The first-order chi connectivity index (χ1) is 8.32. The number of carboxylic acids is 1. The molecule has 0 spiro atoms. The third-order valence-electron chi connectivity index (χ3n) is 2.39. The number of hydrogen-bond acceptors (Lipinski definition) is 4. The minimum absolute atomic E-state index is 0.0947. The maximum atomic E-state index is 11.8. The summed E-state index contributed by atoms with van der Waals surface area (Å²) in [6.07, 6.45) is 0. The molecule has 1 aromatic rings. The van der Waals surface area contributed by atoms with E-state index in [0.29, 0.717) is 5.56 Å². The topological polar surface area (TPSA) is 110 Å². The largest absolute Gasteiger partial charge is 0.480 e. The van der Waals surface area contributed by atoms with E-state index < -0.39 is 22.8 Å². The molecule has 1 rings (SSSR count). The van der Waals surface area contributed by atoms with Crippen molar-refractivity contribution in [3.8, 4) is 0 Å². The molecule has 7 heteroatoms. The molecule has 0 radical (unpaired) electrons. The van der Waals surface area contributed by atoms with E-state index >= 15 is 0 Å². The molecule has 7 nitrogen and oxygen atoms in total. The summed E-state index contributed by atoms with van der Waals surface area (Å²) < 4.78 is 0. The van der Waals surface area contributed by atoms with Crippen LogP contribution in [0, 0.1) is 17.0 Å². The Balaban J connectivity index is 3.01. The number of hydrogen-bond donors (Lipinski definition) is 2. The van der Waals surface area contributed by atoms with Crippen LogP contribution in [0.1, 0.15) is 22.8 Å². The van der Waals surface area contributed by atoms with E-state index in [1.807, 2.05) is 0 Å². The number of benzene rings is 1. The fourth-order valence-electron chi connectivity index (χ4n) is 1.30. The third-order valence-corrected chi connectivity index (χ3v) is 2.39. The zero-order valence-corrected chi connectivity index (χ0v) is 9.84. The Hall–Kier alpha value is -2.44. The zero-order chi connectivity index (χ0) is 13.9. The lowest BCUT2D eigenvalue weighted by Crippen LogP contribution is -2.38. The van der Waals surface area contributed by atoms with Crippen LogP contribution in [0.3, 0.4) is 0 Å². The standard InChI is InChI=1S/C11H12N2O5/c1-6-3-4-8(13(17)18)5-9(6)10(14)12-7(2)11(15)16/h3-5,7H,1-2H3,(H,12,14)(H,15,16)/t7-/m1/s1. The summed E-state index contributed by atoms with van der Waals surface area (Å²) in [4.78, 5) is 32.3. The van der Waals surface area contributed by atoms with Gasteiger partial charge in [0.1, 0.15) is 6.04 Å². The van der Waals surface area contributed by atoms with Gasteiger partial charge >= 0.3 is 5.97 Å². The molecule has 96 valence electrons. The fraction of sp³-hybridized carbons (Fsp3) is 0.273. The highest BCUT2D eigenvalue weighted by atomic mass is 16.6. The van der Waals surface area contributed by atoms with Crippen molar-refractivity contribution in [1.82, 2.24) is 5.32 Å². The number of nitro benzene ring substituents is 1. The van der Waals surface area contributed by atoms with Gasteiger partial charge in [0.25, 0.3) is 11.6 Å². The molecule has 0 aliphatic rings. The second kappa shape index (κ2) is 5.26. The van der Waals surface area contributed by atoms with Gasteiger partial charge in [0.15, 0.2) is 0 Å². The van der Waals surface area contributed by atoms with Crippen molar-refractivity contribution in [1.29, 1.82) is 0 Å². The van der Waals surface area contributed by atoms with Crippen molar-refractivity contribution >= 4 is 17.6 Å². The average molecular weight is 252 g/mol. The minimum Gasteiger partial charge on any atom is -0.480 e. The van der Waals surface area contributed by atoms with Crippen molar-refractivity contribution in [2.45, 2.75) is 19.9 Å². The van der Waals surface area contributed by atoms with E-state index in [0.717, 1.165) is 6.07 Å². The lowest BCUT2D eigenvalue weighted by atomic mass is 10.1. The van der Waals surface area contributed by atoms with E-state index in [1.165, 1.54) is 19.1 Å². The summed E-state index contributed by atoms with van der Waals surface area (Å²) in [5.41, 5.74) is 0.418. The number of carbonyl (C=O) groups excluding carboxylic acids is 1. The van der Waals surface area contributed by atoms with Crippen molar-refractivity contribution in [2.24, 2.45) is 0 Å². The minimum atomic E-state index is -1.17. The maximum absolute atomic E-state index is 11.8. The summed E-state index contributed by atoms with van der Waals surface area (Å²) in [5, 5.41) is 21.5. The SMILES string of the molecule is Cc1ccc([N+](=O)[O-])cc1C(=O)N[C@H](C)C(=O)O. The smallest absolute Gasteiger partial charge is 0.325 e. The van der Waals surface area contributed by atoms with Gasteiger partial charge in [0, 0.05) is 17.7 Å². The molecular formula is C11H12N2O5. The van der Waals surface area contributed by atoms with Gasteiger partial charge in [-0.3, -0.25) is 19.7 Å². The zero-order valence-electron chi connectivity index (χ0n) is 9.84. The Bertz CT molecular complexity index is 512. The summed E-state index contributed by atoms with van der Waals surface area (Å²) in [5.74, 6) is -1.82. The van der Waals surface area contributed by atoms with Crippen molar-refractivity contribution < 1.29 is 19.6 Å². The van der Waals surface area contributed by atoms with Gasteiger partial charge in [-0.2, -0.15) is 0 Å². The lowest BCUT2D eigenvalue weighted by Gasteiger charge is -2.10. The van der Waals surface area contributed by atoms with Crippen LogP contribution >= 0.6 is 0 Å². The monoisotopic (exact) mass is 252 g/mol. The normalized spacial score (nSPS) is 11.7. The lowest BCUT2D eigenvalue weighted by molar-refractivity contribution is -0.384. The van der Waals surface area contributed by atoms with E-state index in [2.05, 4.69) is 5.32 Å². The quantitative estimate of drug-likeness (QED) is 0.616. The summed E-state index contributed by atoms with van der Waals surface area (Å²) in [7, 11) is 0. The number of non-ortho nitro benzene ring substituents is 1. The Kier molecular flexibility index (Phi) is 3.98. The first kappa shape index (κ1) is 13.6. The van der Waals surface area contributed by atoms with Gasteiger partial charge < -0.3 is 10.4 Å². The second-order valence-electron chi connectivity index (χ2n) is 3.79. The number of nitrogens with zero attached hydrogens (tertiary/aromatic N) is 1. The van der Waals surface area contributed by atoms with Crippen molar-refractivity contribution in [2.75, 3.05) is 0 Å². The van der Waals surface area contributed by atoms with E-state index in [-0.39, 0.29) is 11.3 Å². The predicted molar refractivity (Wildman–Crippen MR) is 62.4 cm³/mol. The number of aliphatic carboxylic acids is 1. The second-order valence-corrected chi connectivity index (χ2v) is 3.79. The Labute approximate surface area is 103 Å². The Morgan fingerprint density at radius 1 is 1.44 bits per heavy atom. The highest BCUT2D eigenvalue weighted by molar-refractivity contribution is 5.98. The van der Waals surface area contributed by atoms with E-state index in [9.17, 15) is 19.7 Å². The maximum Gasteiger partial charge on any atom is 0.325 e. The van der Waals surface area contributed by atoms with Crippen LogP contribution in [0.5, 0.6) is 0 Å². The molecule has 0 fully saturated rings. The van der Waals surface area contributed by atoms with Crippen LogP contribution in [-0.2, 0) is 4.79 Å². The van der Waals surface area contributed by atoms with Gasteiger partial charge in [-0.05, 0) is 19.4 Å². The number of aryl methyl sites for hydroxylation is 1. The average Bonchev–Trinajstić information content (AvgIpc) is 2.28. The van der Waals surface area contributed by atoms with E-state index in [4.69, 9.17) is 5.11 Å². The molecule has 1 aromatic carbocycles. The van der Waals surface area contributed by atoms with Gasteiger partial charge in [-0.1, -0.05) is 6.07 Å². The van der Waals surface area contributed by atoms with E-state index in [1.54, 1.807) is 6.92 Å². The summed E-state index contributed by atoms with van der Waals surface area (Å²) in [6.45, 7) is 2.93. The molecule has 0 saturated heterocycles. The van der Waals surface area contributed by atoms with Gasteiger partial charge in [0.2, 0.25) is 0 Å². The molecule has 0 aliphatic carbocycles. The Morgan fingerprint density at radius 2 is 2.06 bits per heavy atom. The van der Waals surface area contributed by atoms with Crippen LogP contribution < -0.4 is 5.32 Å². The van der Waals surface area contributed by atoms with Gasteiger partial charge in [0.05, 0.1) is 4.92 Å². The molecule has 0 aromatic heterocycles. The number of carboxylic acid groups (broad SMARTS) is 1. The Morgan fingerprint density at radius 3 is 2.56 bits per heavy atom. The van der Waals surface area contributed by atoms with Gasteiger partial charge in [-0.15, -0.1) is 0 Å². The molecule has 0 saturated carbocycles. The molecular weight excluding hydrogens is 240 g/mol. The third kappa shape index (κ3) is 3.03. The van der Waals surface area contributed by atoms with Crippen LogP contribution in [0.2, 0.25) is 0 Å². The van der Waals surface area contributed by atoms with Crippen molar-refractivity contribution in [3.63, 3.8) is 0 Å². The van der Waals surface area contributed by atoms with Crippen molar-refractivity contribution in [3.05, 3.63) is 39.4 Å². The molecule has 18 heavy (non-hydrogen) atoms. The molecule has 2 N–H and O–H groups in total. The molecule has 0 unspecified atom stereocenters. The molecule has 0 aliphatic heterocycles. The predicted octanol–water partition coefficient (Wildman–Crippen LogP) is 1.11. The summed E-state index contributed by atoms with van der Waals surface area (Å²) >= 11 is 0. The van der Waals surface area contributed by atoms with Crippen LogP contribution in [0.15, 0.2) is 18.2 Å². The molecule has 0 bridgehead atoms. The summed E-state index contributed by atoms with van der Waals surface area (Å²) in [6, 6.07) is 2.79. The molecule has 1 amide bonds. The number of nitrogens with one attached hydrogen (secondary N) is 1. The van der Waals surface area contributed by atoms with Gasteiger partial charge in [-0.25, -0.2) is 0 Å². The van der Waals surface area contributed by atoms with Crippen LogP contribution in [-0.4, -0.2) is 27.9 Å². The first-order valence-electron chi connectivity index (χ1n) is 5.11. The highest BCUT2D eigenvalue weighted by Gasteiger charge is 2.18. The fourth-order valence-corrected chi connectivity index (χ4v) is 1.30. The number of rotatable bonds is 4. The number of amides is 1. The van der Waals surface area contributed by atoms with Crippen LogP contribution in [0.25, 0.3) is 0 Å². The first-order valence-corrected chi connectivity index (χ1v) is 5.11. The molecule has 0 heterocycles. The highest BCUT2D eigenvalue weighted by Crippen LogP contribution is 2.17. The van der Waals surface area contributed by atoms with Crippen LogP contribution in [0.4, 0.5) is 5.69 Å². The number of nitro groups is 1.